The largest absolute Gasteiger partial charge is 0.414 e. The van der Waals surface area contributed by atoms with Crippen LogP contribution in [0.2, 0.25) is 0 Å². The van der Waals surface area contributed by atoms with E-state index in [4.69, 9.17) is 22.8 Å². The van der Waals surface area contributed by atoms with Crippen LogP contribution < -0.4 is 4.74 Å². The van der Waals surface area contributed by atoms with Gasteiger partial charge in [-0.05, 0) is 43.1 Å². The van der Waals surface area contributed by atoms with E-state index in [2.05, 4.69) is 10.8 Å². The summed E-state index contributed by atoms with van der Waals surface area (Å²) in [5.74, 6) is 3.12. The fourth-order valence-corrected chi connectivity index (χ4v) is 2.52. The molecule has 1 unspecified atom stereocenters. The van der Waals surface area contributed by atoms with Crippen molar-refractivity contribution >= 4 is 17.0 Å². The second-order valence-electron chi connectivity index (χ2n) is 4.37. The maximum atomic E-state index is 10.7. The zero-order valence-corrected chi connectivity index (χ0v) is 10.9. The number of hydrogen-bond donors (Lipinski definition) is 0. The van der Waals surface area contributed by atoms with E-state index in [9.17, 15) is 4.79 Å². The molecule has 0 bridgehead atoms. The zero-order valence-electron chi connectivity index (χ0n) is 10.1. The highest BCUT2D eigenvalue weighted by Crippen LogP contribution is 2.37. The van der Waals surface area contributed by atoms with Gasteiger partial charge in [0.15, 0.2) is 0 Å². The average Bonchev–Trinajstić information content (AvgIpc) is 2.71. The van der Waals surface area contributed by atoms with Crippen LogP contribution >= 0.6 is 11.6 Å². The summed E-state index contributed by atoms with van der Waals surface area (Å²) in [6.45, 7) is 0.601. The third kappa shape index (κ3) is 2.66. The van der Waals surface area contributed by atoms with Crippen LogP contribution in [0, 0.1) is 12.3 Å². The van der Waals surface area contributed by atoms with Crippen molar-refractivity contribution in [3.05, 3.63) is 29.3 Å². The lowest BCUT2D eigenvalue weighted by atomic mass is 10.1. The van der Waals surface area contributed by atoms with Gasteiger partial charge in [0.1, 0.15) is 5.75 Å². The van der Waals surface area contributed by atoms with Crippen LogP contribution in [-0.2, 0) is 6.42 Å². The van der Waals surface area contributed by atoms with Gasteiger partial charge in [-0.15, -0.1) is 6.42 Å². The Balaban J connectivity index is 2.25. The topological polar surface area (TPSA) is 29.5 Å². The molecule has 94 valence electrons. The molecule has 0 heterocycles. The first-order valence-electron chi connectivity index (χ1n) is 5.75. The third-order valence-electron chi connectivity index (χ3n) is 3.23. The molecule has 1 atom stereocenters. The van der Waals surface area contributed by atoms with E-state index in [1.54, 1.807) is 6.07 Å². The average molecular weight is 264 g/mol. The molecule has 4 heteroatoms. The molecule has 0 radical (unpaired) electrons. The van der Waals surface area contributed by atoms with Crippen LogP contribution in [0.4, 0.5) is 4.79 Å². The van der Waals surface area contributed by atoms with Crippen molar-refractivity contribution in [2.75, 3.05) is 13.6 Å². The van der Waals surface area contributed by atoms with E-state index >= 15 is 0 Å². The number of nitrogens with zero attached hydrogens (tertiary/aromatic N) is 1. The number of ether oxygens (including phenoxy) is 1. The van der Waals surface area contributed by atoms with Gasteiger partial charge >= 0.3 is 5.43 Å². The number of hydrogen-bond acceptors (Lipinski definition) is 3. The van der Waals surface area contributed by atoms with Crippen LogP contribution in [0.5, 0.6) is 5.75 Å². The first-order chi connectivity index (χ1) is 8.61. The molecule has 3 nitrogen and oxygen atoms in total. The first-order valence-corrected chi connectivity index (χ1v) is 6.13. The van der Waals surface area contributed by atoms with E-state index in [-0.39, 0.29) is 6.04 Å². The van der Waals surface area contributed by atoms with Crippen LogP contribution in [0.1, 0.15) is 23.6 Å². The predicted molar refractivity (Wildman–Crippen MR) is 70.8 cm³/mol. The molecule has 0 spiro atoms. The van der Waals surface area contributed by atoms with Gasteiger partial charge in [-0.25, -0.2) is 4.79 Å². The molecule has 2 rings (SSSR count). The minimum atomic E-state index is -0.818. The van der Waals surface area contributed by atoms with Gasteiger partial charge < -0.3 is 4.74 Å². The van der Waals surface area contributed by atoms with E-state index in [1.165, 1.54) is 11.1 Å². The molecule has 1 aromatic rings. The summed E-state index contributed by atoms with van der Waals surface area (Å²) in [6.07, 6.45) is 7.39. The van der Waals surface area contributed by atoms with Gasteiger partial charge in [0.2, 0.25) is 0 Å². The van der Waals surface area contributed by atoms with Crippen LogP contribution in [0.25, 0.3) is 0 Å². The summed E-state index contributed by atoms with van der Waals surface area (Å²) in [4.78, 5) is 12.9. The molecule has 18 heavy (non-hydrogen) atoms. The van der Waals surface area contributed by atoms with Crippen LogP contribution in [0.3, 0.4) is 0 Å². The fraction of sp³-hybridized carbons (Fsp3) is 0.357. The van der Waals surface area contributed by atoms with Gasteiger partial charge in [-0.2, -0.15) is 0 Å². The highest BCUT2D eigenvalue weighted by Gasteiger charge is 2.26. The number of terminal acetylenes is 1. The summed E-state index contributed by atoms with van der Waals surface area (Å²) in [5, 5.41) is 0. The Kier molecular flexibility index (Phi) is 3.90. The highest BCUT2D eigenvalue weighted by atomic mass is 35.5. The molecule has 1 aromatic carbocycles. The number of rotatable bonds is 3. The molecule has 1 aliphatic carbocycles. The van der Waals surface area contributed by atoms with E-state index in [1.807, 2.05) is 19.2 Å². The minimum absolute atomic E-state index is 0.282. The van der Waals surface area contributed by atoms with Crippen molar-refractivity contribution in [3.8, 4) is 18.1 Å². The fourth-order valence-electron chi connectivity index (χ4n) is 2.43. The number of aryl methyl sites for hydroxylation is 1. The number of carbonyl (C=O) groups excluding carboxylic acids is 1. The summed E-state index contributed by atoms with van der Waals surface area (Å²) < 4.78 is 4.90. The van der Waals surface area contributed by atoms with Gasteiger partial charge in [-0.3, -0.25) is 4.90 Å². The lowest BCUT2D eigenvalue weighted by Crippen LogP contribution is -2.23. The van der Waals surface area contributed by atoms with Crippen molar-refractivity contribution in [1.82, 2.24) is 4.90 Å². The molecule has 0 amide bonds. The lowest BCUT2D eigenvalue weighted by molar-refractivity contribution is 0.225. The van der Waals surface area contributed by atoms with Crippen molar-refractivity contribution < 1.29 is 9.53 Å². The Morgan fingerprint density at radius 3 is 3.11 bits per heavy atom. The Bertz CT molecular complexity index is 507. The molecule has 0 N–H and O–H groups in total. The molecule has 0 saturated heterocycles. The predicted octanol–water partition coefficient (Wildman–Crippen LogP) is 2.98. The Morgan fingerprint density at radius 2 is 2.44 bits per heavy atom. The Hall–Kier alpha value is -1.50. The maximum Gasteiger partial charge on any atom is 0.409 e. The molecule has 1 aliphatic rings. The molecule has 0 fully saturated rings. The Morgan fingerprint density at radius 1 is 1.67 bits per heavy atom. The van der Waals surface area contributed by atoms with Crippen molar-refractivity contribution in [2.24, 2.45) is 0 Å². The summed E-state index contributed by atoms with van der Waals surface area (Å²) in [7, 11) is 2.00. The van der Waals surface area contributed by atoms with Gasteiger partial charge in [-0.1, -0.05) is 12.0 Å². The van der Waals surface area contributed by atoms with E-state index in [0.717, 1.165) is 12.8 Å². The smallest absolute Gasteiger partial charge is 0.409 e. The van der Waals surface area contributed by atoms with E-state index < -0.39 is 5.43 Å². The normalized spacial score (nSPS) is 17.3. The van der Waals surface area contributed by atoms with Crippen molar-refractivity contribution in [1.29, 1.82) is 0 Å². The number of halogens is 1. The van der Waals surface area contributed by atoms with Gasteiger partial charge in [0.05, 0.1) is 6.54 Å². The second-order valence-corrected chi connectivity index (χ2v) is 4.68. The van der Waals surface area contributed by atoms with Gasteiger partial charge in [0.25, 0.3) is 0 Å². The van der Waals surface area contributed by atoms with Crippen LogP contribution in [-0.4, -0.2) is 23.9 Å². The highest BCUT2D eigenvalue weighted by molar-refractivity contribution is 6.61. The van der Waals surface area contributed by atoms with Crippen molar-refractivity contribution in [2.45, 2.75) is 18.9 Å². The number of benzene rings is 1. The lowest BCUT2D eigenvalue weighted by Gasteiger charge is -2.23. The number of carbonyl (C=O) groups is 1. The standard InChI is InChI=1S/C14H14ClNO2/c1-3-8-16(2)13-7-5-10-4-6-11(9-12(10)13)18-14(15)17/h1,4,6,9,13H,5,7-8H2,2H3. The monoisotopic (exact) mass is 263 g/mol. The second kappa shape index (κ2) is 5.43. The molecule has 0 saturated carbocycles. The molecular weight excluding hydrogens is 250 g/mol. The minimum Gasteiger partial charge on any atom is -0.414 e. The molecule has 0 aromatic heterocycles. The molecular formula is C14H14ClNO2. The van der Waals surface area contributed by atoms with Crippen LogP contribution in [0.15, 0.2) is 18.2 Å². The van der Waals surface area contributed by atoms with Gasteiger partial charge in [0, 0.05) is 17.6 Å². The SMILES string of the molecule is C#CCN(C)C1CCc2ccc(OC(=O)Cl)cc21. The molecule has 0 aliphatic heterocycles. The summed E-state index contributed by atoms with van der Waals surface area (Å²) >= 11 is 5.21. The zero-order chi connectivity index (χ0) is 13.1. The van der Waals surface area contributed by atoms with Crippen molar-refractivity contribution in [3.63, 3.8) is 0 Å². The maximum absolute atomic E-state index is 10.7. The van der Waals surface area contributed by atoms with E-state index in [0.29, 0.717) is 12.3 Å². The third-order valence-corrected chi connectivity index (χ3v) is 3.31. The quantitative estimate of drug-likeness (QED) is 0.620. The number of fused-ring (bicyclic) bond motifs is 1. The first kappa shape index (κ1) is 12.9. The summed E-state index contributed by atoms with van der Waals surface area (Å²) in [5.41, 5.74) is 1.63. The Labute approximate surface area is 112 Å². The summed E-state index contributed by atoms with van der Waals surface area (Å²) in [6, 6.07) is 5.90.